The highest BCUT2D eigenvalue weighted by Crippen LogP contribution is 2.21. The molecule has 0 aromatic heterocycles. The SMILES string of the molecule is C=CNc1ccc(CC(C)(C)C)cc1. The molecule has 0 unspecified atom stereocenters. The molecule has 1 heteroatoms. The molecular formula is C13H19N. The van der Waals surface area contributed by atoms with E-state index in [0.29, 0.717) is 5.41 Å². The second-order valence-corrected chi connectivity index (χ2v) is 4.78. The van der Waals surface area contributed by atoms with Crippen LogP contribution in [0.3, 0.4) is 0 Å². The van der Waals surface area contributed by atoms with Crippen LogP contribution < -0.4 is 5.32 Å². The largest absolute Gasteiger partial charge is 0.362 e. The van der Waals surface area contributed by atoms with E-state index < -0.39 is 0 Å². The summed E-state index contributed by atoms with van der Waals surface area (Å²) in [4.78, 5) is 0. The first-order valence-electron chi connectivity index (χ1n) is 4.98. The maximum Gasteiger partial charge on any atom is 0.0379 e. The monoisotopic (exact) mass is 189 g/mol. The Balaban J connectivity index is 2.68. The number of nitrogens with one attached hydrogen (secondary N) is 1. The van der Waals surface area contributed by atoms with Gasteiger partial charge >= 0.3 is 0 Å². The Morgan fingerprint density at radius 3 is 2.21 bits per heavy atom. The van der Waals surface area contributed by atoms with Gasteiger partial charge in [-0.1, -0.05) is 39.5 Å². The zero-order valence-corrected chi connectivity index (χ0v) is 9.30. The van der Waals surface area contributed by atoms with E-state index in [1.807, 2.05) is 0 Å². The molecule has 0 aliphatic carbocycles. The van der Waals surface area contributed by atoms with Crippen LogP contribution in [0.5, 0.6) is 0 Å². The molecule has 0 amide bonds. The molecule has 0 aliphatic rings. The number of hydrogen-bond acceptors (Lipinski definition) is 1. The van der Waals surface area contributed by atoms with Crippen LogP contribution in [0.4, 0.5) is 5.69 Å². The van der Waals surface area contributed by atoms with Gasteiger partial charge in [0, 0.05) is 5.69 Å². The van der Waals surface area contributed by atoms with Crippen LogP contribution in [0.2, 0.25) is 0 Å². The lowest BCUT2D eigenvalue weighted by molar-refractivity contribution is 0.411. The molecule has 14 heavy (non-hydrogen) atoms. The van der Waals surface area contributed by atoms with Crippen molar-refractivity contribution in [1.29, 1.82) is 0 Å². The zero-order chi connectivity index (χ0) is 10.6. The molecule has 1 aromatic carbocycles. The summed E-state index contributed by atoms with van der Waals surface area (Å²) in [6.07, 6.45) is 2.81. The predicted molar refractivity (Wildman–Crippen MR) is 63.4 cm³/mol. The molecule has 0 saturated carbocycles. The van der Waals surface area contributed by atoms with Gasteiger partial charge in [0.1, 0.15) is 0 Å². The highest BCUT2D eigenvalue weighted by Gasteiger charge is 2.10. The Labute approximate surface area is 86.8 Å². The Morgan fingerprint density at radius 1 is 1.21 bits per heavy atom. The van der Waals surface area contributed by atoms with Crippen LogP contribution in [0, 0.1) is 5.41 Å². The molecular weight excluding hydrogens is 170 g/mol. The van der Waals surface area contributed by atoms with E-state index >= 15 is 0 Å². The van der Waals surface area contributed by atoms with Crippen LogP contribution in [-0.4, -0.2) is 0 Å². The average Bonchev–Trinajstić information content (AvgIpc) is 2.06. The first-order chi connectivity index (χ1) is 6.51. The van der Waals surface area contributed by atoms with Crippen LogP contribution in [0.1, 0.15) is 26.3 Å². The fourth-order valence-electron chi connectivity index (χ4n) is 1.45. The molecule has 1 rings (SSSR count). The Bertz CT molecular complexity index is 290. The molecule has 1 nitrogen and oxygen atoms in total. The van der Waals surface area contributed by atoms with Crippen molar-refractivity contribution in [3.05, 3.63) is 42.6 Å². The second-order valence-electron chi connectivity index (χ2n) is 4.78. The normalized spacial score (nSPS) is 11.1. The summed E-state index contributed by atoms with van der Waals surface area (Å²) >= 11 is 0. The fraction of sp³-hybridized carbons (Fsp3) is 0.385. The molecule has 0 fully saturated rings. The van der Waals surface area contributed by atoms with Crippen molar-refractivity contribution in [3.8, 4) is 0 Å². The molecule has 0 spiro atoms. The van der Waals surface area contributed by atoms with Crippen LogP contribution in [0.25, 0.3) is 0 Å². The molecule has 0 saturated heterocycles. The molecule has 0 radical (unpaired) electrons. The summed E-state index contributed by atoms with van der Waals surface area (Å²) < 4.78 is 0. The van der Waals surface area contributed by atoms with Gasteiger partial charge < -0.3 is 5.32 Å². The van der Waals surface area contributed by atoms with Crippen molar-refractivity contribution in [1.82, 2.24) is 0 Å². The van der Waals surface area contributed by atoms with Gasteiger partial charge in [0.15, 0.2) is 0 Å². The van der Waals surface area contributed by atoms with Gasteiger partial charge in [-0.2, -0.15) is 0 Å². The summed E-state index contributed by atoms with van der Waals surface area (Å²) in [5.74, 6) is 0. The Hall–Kier alpha value is -1.24. The molecule has 0 heterocycles. The van der Waals surface area contributed by atoms with Gasteiger partial charge in [0.05, 0.1) is 0 Å². The van der Waals surface area contributed by atoms with E-state index in [1.54, 1.807) is 6.20 Å². The minimum Gasteiger partial charge on any atom is -0.362 e. The van der Waals surface area contributed by atoms with E-state index in [1.165, 1.54) is 5.56 Å². The predicted octanol–water partition coefficient (Wildman–Crippen LogP) is 3.83. The standard InChI is InChI=1S/C13H19N/c1-5-14-12-8-6-11(7-9-12)10-13(2,3)4/h5-9,14H,1,10H2,2-4H3. The highest BCUT2D eigenvalue weighted by molar-refractivity contribution is 5.46. The van der Waals surface area contributed by atoms with E-state index in [0.717, 1.165) is 12.1 Å². The van der Waals surface area contributed by atoms with Crippen LogP contribution in [0.15, 0.2) is 37.0 Å². The third kappa shape index (κ3) is 3.65. The van der Waals surface area contributed by atoms with Crippen LogP contribution >= 0.6 is 0 Å². The van der Waals surface area contributed by atoms with Gasteiger partial charge in [-0.15, -0.1) is 0 Å². The highest BCUT2D eigenvalue weighted by atomic mass is 14.8. The lowest BCUT2D eigenvalue weighted by Gasteiger charge is -2.18. The van der Waals surface area contributed by atoms with Gasteiger partial charge in [-0.25, -0.2) is 0 Å². The second kappa shape index (κ2) is 4.32. The summed E-state index contributed by atoms with van der Waals surface area (Å²) in [7, 11) is 0. The van der Waals surface area contributed by atoms with Gasteiger partial charge in [-0.05, 0) is 35.7 Å². The quantitative estimate of drug-likeness (QED) is 0.762. The molecule has 1 aromatic rings. The summed E-state index contributed by atoms with van der Waals surface area (Å²) in [6.45, 7) is 10.4. The van der Waals surface area contributed by atoms with E-state index in [4.69, 9.17) is 0 Å². The Kier molecular flexibility index (Phi) is 3.34. The number of hydrogen-bond donors (Lipinski definition) is 1. The van der Waals surface area contributed by atoms with Gasteiger partial charge in [-0.3, -0.25) is 0 Å². The lowest BCUT2D eigenvalue weighted by atomic mass is 9.88. The smallest absolute Gasteiger partial charge is 0.0379 e. The summed E-state index contributed by atoms with van der Waals surface area (Å²) in [6, 6.07) is 8.50. The van der Waals surface area contributed by atoms with Crippen molar-refractivity contribution in [3.63, 3.8) is 0 Å². The van der Waals surface area contributed by atoms with Gasteiger partial charge in [0.2, 0.25) is 0 Å². The summed E-state index contributed by atoms with van der Waals surface area (Å²) in [5.41, 5.74) is 2.83. The number of rotatable bonds is 3. The minimum absolute atomic E-state index is 0.355. The van der Waals surface area contributed by atoms with Crippen molar-refractivity contribution in [2.45, 2.75) is 27.2 Å². The fourth-order valence-corrected chi connectivity index (χ4v) is 1.45. The maximum absolute atomic E-state index is 3.63. The topological polar surface area (TPSA) is 12.0 Å². The Morgan fingerprint density at radius 2 is 1.79 bits per heavy atom. The number of benzene rings is 1. The minimum atomic E-state index is 0.355. The third-order valence-electron chi connectivity index (χ3n) is 1.96. The molecule has 1 N–H and O–H groups in total. The average molecular weight is 189 g/mol. The maximum atomic E-state index is 3.63. The molecule has 76 valence electrons. The van der Waals surface area contributed by atoms with E-state index in [2.05, 4.69) is 56.9 Å². The first kappa shape index (κ1) is 10.8. The van der Waals surface area contributed by atoms with Crippen molar-refractivity contribution in [2.75, 3.05) is 5.32 Å². The molecule has 0 bridgehead atoms. The summed E-state index contributed by atoms with van der Waals surface area (Å²) in [5, 5.41) is 3.06. The van der Waals surface area contributed by atoms with Gasteiger partial charge in [0.25, 0.3) is 0 Å². The van der Waals surface area contributed by atoms with Crippen LogP contribution in [-0.2, 0) is 6.42 Å². The lowest BCUT2D eigenvalue weighted by Crippen LogP contribution is -2.08. The molecule has 0 atom stereocenters. The van der Waals surface area contributed by atoms with E-state index in [9.17, 15) is 0 Å². The number of anilines is 1. The van der Waals surface area contributed by atoms with Crippen molar-refractivity contribution < 1.29 is 0 Å². The van der Waals surface area contributed by atoms with Crippen molar-refractivity contribution >= 4 is 5.69 Å². The van der Waals surface area contributed by atoms with Crippen molar-refractivity contribution in [2.24, 2.45) is 5.41 Å². The van der Waals surface area contributed by atoms with E-state index in [-0.39, 0.29) is 0 Å². The first-order valence-corrected chi connectivity index (χ1v) is 4.98. The zero-order valence-electron chi connectivity index (χ0n) is 9.30. The molecule has 0 aliphatic heterocycles. The third-order valence-corrected chi connectivity index (χ3v) is 1.96.